The van der Waals surface area contributed by atoms with E-state index in [2.05, 4.69) is 27.3 Å². The number of ether oxygens (including phenoxy) is 2. The Kier molecular flexibility index (Phi) is 4.50. The van der Waals surface area contributed by atoms with Gasteiger partial charge >= 0.3 is 0 Å². The standard InChI is InChI=1S/C16H20BrNO3/c1-2-20-12-5-10(6-12)7-13(17)11-3-4-15-14(8-11)18-16(19)9-21-15/h3-4,8,10,12-13H,2,5-7,9H2,1H3,(H,18,19). The zero-order valence-corrected chi connectivity index (χ0v) is 13.7. The van der Waals surface area contributed by atoms with E-state index in [0.29, 0.717) is 16.8 Å². The summed E-state index contributed by atoms with van der Waals surface area (Å²) in [7, 11) is 0. The van der Waals surface area contributed by atoms with E-state index in [1.54, 1.807) is 0 Å². The molecule has 1 saturated carbocycles. The number of anilines is 1. The number of hydrogen-bond donors (Lipinski definition) is 1. The van der Waals surface area contributed by atoms with Crippen LogP contribution in [-0.2, 0) is 9.53 Å². The lowest BCUT2D eigenvalue weighted by molar-refractivity contribution is -0.118. The number of halogens is 1. The van der Waals surface area contributed by atoms with Crippen molar-refractivity contribution in [1.29, 1.82) is 0 Å². The Morgan fingerprint density at radius 1 is 1.48 bits per heavy atom. The molecule has 0 spiro atoms. The summed E-state index contributed by atoms with van der Waals surface area (Å²) in [4.78, 5) is 11.7. The van der Waals surface area contributed by atoms with Crippen LogP contribution in [0, 0.1) is 5.92 Å². The molecule has 0 saturated heterocycles. The van der Waals surface area contributed by atoms with E-state index >= 15 is 0 Å². The van der Waals surface area contributed by atoms with Crippen LogP contribution in [0.3, 0.4) is 0 Å². The van der Waals surface area contributed by atoms with Gasteiger partial charge in [0.2, 0.25) is 0 Å². The van der Waals surface area contributed by atoms with E-state index in [1.807, 2.05) is 19.1 Å². The van der Waals surface area contributed by atoms with E-state index in [-0.39, 0.29) is 12.5 Å². The Morgan fingerprint density at radius 2 is 2.29 bits per heavy atom. The Labute approximate surface area is 133 Å². The van der Waals surface area contributed by atoms with Crippen molar-refractivity contribution in [2.24, 2.45) is 5.92 Å². The Balaban J connectivity index is 1.59. The molecule has 1 N–H and O–H groups in total. The predicted octanol–water partition coefficient (Wildman–Crippen LogP) is 3.66. The zero-order chi connectivity index (χ0) is 14.8. The highest BCUT2D eigenvalue weighted by atomic mass is 79.9. The fraction of sp³-hybridized carbons (Fsp3) is 0.562. The first kappa shape index (κ1) is 14.9. The highest BCUT2D eigenvalue weighted by molar-refractivity contribution is 9.09. The van der Waals surface area contributed by atoms with Crippen LogP contribution in [0.2, 0.25) is 0 Å². The largest absolute Gasteiger partial charge is 0.482 e. The minimum Gasteiger partial charge on any atom is -0.482 e. The molecule has 5 heteroatoms. The summed E-state index contributed by atoms with van der Waals surface area (Å²) >= 11 is 3.77. The summed E-state index contributed by atoms with van der Waals surface area (Å²) < 4.78 is 11.0. The van der Waals surface area contributed by atoms with Gasteiger partial charge in [0.15, 0.2) is 6.61 Å². The molecule has 114 valence electrons. The maximum Gasteiger partial charge on any atom is 0.262 e. The summed E-state index contributed by atoms with van der Waals surface area (Å²) in [5.41, 5.74) is 1.95. The van der Waals surface area contributed by atoms with Gasteiger partial charge in [-0.25, -0.2) is 0 Å². The van der Waals surface area contributed by atoms with Crippen LogP contribution in [0.25, 0.3) is 0 Å². The van der Waals surface area contributed by atoms with Crippen LogP contribution >= 0.6 is 15.9 Å². The van der Waals surface area contributed by atoms with E-state index in [4.69, 9.17) is 9.47 Å². The van der Waals surface area contributed by atoms with Gasteiger partial charge in [-0.3, -0.25) is 4.79 Å². The molecule has 1 atom stereocenters. The SMILES string of the molecule is CCOC1CC(CC(Br)c2ccc3c(c2)NC(=O)CO3)C1. The van der Waals surface area contributed by atoms with Crippen LogP contribution in [0.5, 0.6) is 5.75 Å². The number of carbonyl (C=O) groups is 1. The molecule has 3 rings (SSSR count). The first-order valence-electron chi connectivity index (χ1n) is 7.48. The van der Waals surface area contributed by atoms with Crippen molar-refractivity contribution in [3.8, 4) is 5.75 Å². The van der Waals surface area contributed by atoms with Crippen LogP contribution in [0.15, 0.2) is 18.2 Å². The van der Waals surface area contributed by atoms with E-state index in [0.717, 1.165) is 37.3 Å². The quantitative estimate of drug-likeness (QED) is 0.821. The second kappa shape index (κ2) is 6.36. The first-order chi connectivity index (χ1) is 10.2. The number of benzene rings is 1. The third-order valence-corrected chi connectivity index (χ3v) is 5.04. The Hall–Kier alpha value is -1.07. The number of amides is 1. The van der Waals surface area contributed by atoms with Crippen LogP contribution in [0.1, 0.15) is 36.6 Å². The molecule has 1 amide bonds. The second-order valence-electron chi connectivity index (χ2n) is 5.71. The molecule has 1 fully saturated rings. The minimum atomic E-state index is -0.0932. The zero-order valence-electron chi connectivity index (χ0n) is 12.1. The maximum absolute atomic E-state index is 11.4. The molecule has 0 aromatic heterocycles. The Bertz CT molecular complexity index is 528. The highest BCUT2D eigenvalue weighted by Crippen LogP contribution is 2.41. The maximum atomic E-state index is 11.4. The predicted molar refractivity (Wildman–Crippen MR) is 85.0 cm³/mol. The summed E-state index contributed by atoms with van der Waals surface area (Å²) in [6.07, 6.45) is 3.86. The molecule has 1 aliphatic heterocycles. The van der Waals surface area contributed by atoms with Gasteiger partial charge in [-0.1, -0.05) is 22.0 Å². The van der Waals surface area contributed by atoms with E-state index in [1.165, 1.54) is 5.56 Å². The van der Waals surface area contributed by atoms with E-state index < -0.39 is 0 Å². The molecule has 1 aliphatic carbocycles. The summed E-state index contributed by atoms with van der Waals surface area (Å²) in [6, 6.07) is 6.00. The van der Waals surface area contributed by atoms with Gasteiger partial charge in [-0.15, -0.1) is 0 Å². The lowest BCUT2D eigenvalue weighted by Crippen LogP contribution is -2.31. The number of alkyl halides is 1. The fourth-order valence-corrected chi connectivity index (χ4v) is 3.78. The van der Waals surface area contributed by atoms with Crippen molar-refractivity contribution in [2.75, 3.05) is 18.5 Å². The smallest absolute Gasteiger partial charge is 0.262 e. The number of hydrogen-bond acceptors (Lipinski definition) is 3. The normalized spacial score (nSPS) is 25.3. The number of carbonyl (C=O) groups excluding carboxylic acids is 1. The molecular formula is C16H20BrNO3. The van der Waals surface area contributed by atoms with Crippen molar-refractivity contribution in [2.45, 2.75) is 37.1 Å². The minimum absolute atomic E-state index is 0.0932. The molecule has 2 aliphatic rings. The molecule has 1 aromatic rings. The molecule has 1 heterocycles. The van der Waals surface area contributed by atoms with Gasteiger partial charge in [0.1, 0.15) is 5.75 Å². The summed E-state index contributed by atoms with van der Waals surface area (Å²) in [6.45, 7) is 2.95. The van der Waals surface area contributed by atoms with Gasteiger partial charge in [-0.05, 0) is 49.8 Å². The molecule has 21 heavy (non-hydrogen) atoms. The average Bonchev–Trinajstić information content (AvgIpc) is 2.44. The third-order valence-electron chi connectivity index (χ3n) is 4.13. The van der Waals surface area contributed by atoms with Gasteiger partial charge in [0.25, 0.3) is 5.91 Å². The van der Waals surface area contributed by atoms with Crippen LogP contribution in [0.4, 0.5) is 5.69 Å². The third kappa shape index (κ3) is 3.40. The molecule has 0 bridgehead atoms. The first-order valence-corrected chi connectivity index (χ1v) is 8.39. The van der Waals surface area contributed by atoms with Gasteiger partial charge < -0.3 is 14.8 Å². The monoisotopic (exact) mass is 353 g/mol. The lowest BCUT2D eigenvalue weighted by Gasteiger charge is -2.36. The second-order valence-corrected chi connectivity index (χ2v) is 6.82. The number of fused-ring (bicyclic) bond motifs is 1. The van der Waals surface area contributed by atoms with Crippen molar-refractivity contribution < 1.29 is 14.3 Å². The number of rotatable bonds is 5. The molecule has 0 radical (unpaired) electrons. The molecular weight excluding hydrogens is 334 g/mol. The van der Waals surface area contributed by atoms with Crippen LogP contribution in [-0.4, -0.2) is 25.2 Å². The molecule has 1 aromatic carbocycles. The lowest BCUT2D eigenvalue weighted by atomic mass is 9.78. The van der Waals surface area contributed by atoms with Crippen molar-refractivity contribution in [3.63, 3.8) is 0 Å². The van der Waals surface area contributed by atoms with Crippen LogP contribution < -0.4 is 10.1 Å². The van der Waals surface area contributed by atoms with Gasteiger partial charge in [-0.2, -0.15) is 0 Å². The van der Waals surface area contributed by atoms with Crippen molar-refractivity contribution >= 4 is 27.5 Å². The van der Waals surface area contributed by atoms with Crippen molar-refractivity contribution in [3.05, 3.63) is 23.8 Å². The van der Waals surface area contributed by atoms with E-state index in [9.17, 15) is 4.79 Å². The molecule has 1 unspecified atom stereocenters. The van der Waals surface area contributed by atoms with Gasteiger partial charge in [0, 0.05) is 11.4 Å². The van der Waals surface area contributed by atoms with Crippen molar-refractivity contribution in [1.82, 2.24) is 0 Å². The summed E-state index contributed by atoms with van der Waals surface area (Å²) in [5.74, 6) is 1.37. The summed E-state index contributed by atoms with van der Waals surface area (Å²) in [5, 5.41) is 2.86. The Morgan fingerprint density at radius 3 is 3.05 bits per heavy atom. The number of nitrogens with one attached hydrogen (secondary N) is 1. The fourth-order valence-electron chi connectivity index (χ4n) is 2.96. The van der Waals surface area contributed by atoms with Gasteiger partial charge in [0.05, 0.1) is 11.8 Å². The highest BCUT2D eigenvalue weighted by Gasteiger charge is 2.31. The average molecular weight is 354 g/mol. The molecule has 4 nitrogen and oxygen atoms in total. The topological polar surface area (TPSA) is 47.6 Å².